The molecular formula is C21H23N3O3. The van der Waals surface area contributed by atoms with Crippen LogP contribution in [0.1, 0.15) is 25.5 Å². The summed E-state index contributed by atoms with van der Waals surface area (Å²) in [7, 11) is 0. The monoisotopic (exact) mass is 365 g/mol. The molecule has 6 nitrogen and oxygen atoms in total. The molecule has 6 heteroatoms. The lowest BCUT2D eigenvalue weighted by Crippen LogP contribution is -2.26. The van der Waals surface area contributed by atoms with Gasteiger partial charge in [-0.1, -0.05) is 37.3 Å². The summed E-state index contributed by atoms with van der Waals surface area (Å²) in [6.07, 6.45) is 1.37. The first-order chi connectivity index (χ1) is 13.2. The van der Waals surface area contributed by atoms with Crippen molar-refractivity contribution < 1.29 is 9.53 Å². The minimum absolute atomic E-state index is 0.0655. The smallest absolute Gasteiger partial charge is 0.411 e. The Labute approximate surface area is 157 Å². The van der Waals surface area contributed by atoms with Crippen LogP contribution < -0.4 is 10.9 Å². The van der Waals surface area contributed by atoms with Crippen LogP contribution >= 0.6 is 0 Å². The molecule has 0 radical (unpaired) electrons. The first-order valence-electron chi connectivity index (χ1n) is 9.16. The number of carbonyl (C=O) groups excluding carboxylic acids is 1. The number of carbonyl (C=O) groups is 1. The van der Waals surface area contributed by atoms with Gasteiger partial charge in [0.2, 0.25) is 0 Å². The average Bonchev–Trinajstić information content (AvgIpc) is 2.69. The third-order valence-corrected chi connectivity index (χ3v) is 4.18. The van der Waals surface area contributed by atoms with Gasteiger partial charge in [0.25, 0.3) is 5.56 Å². The zero-order chi connectivity index (χ0) is 19.1. The number of aryl methyl sites for hydroxylation is 2. The zero-order valence-electron chi connectivity index (χ0n) is 15.4. The first-order valence-corrected chi connectivity index (χ1v) is 9.16. The average molecular weight is 365 g/mol. The van der Waals surface area contributed by atoms with Crippen molar-refractivity contribution in [3.05, 3.63) is 70.6 Å². The van der Waals surface area contributed by atoms with Crippen molar-refractivity contribution in [2.45, 2.75) is 32.7 Å². The standard InChI is InChI=1S/C21H23N3O3/c1-2-14-24-19-13-7-6-11-17(19)23-18(20(24)25)12-8-15-27-21(26)22-16-9-4-3-5-10-16/h3-7,9-11,13H,2,8,12,14-15H2,1H3,(H,22,26). The van der Waals surface area contributed by atoms with Crippen molar-refractivity contribution in [2.24, 2.45) is 0 Å². The summed E-state index contributed by atoms with van der Waals surface area (Å²) in [6, 6.07) is 16.8. The van der Waals surface area contributed by atoms with Crippen LogP contribution in [0.2, 0.25) is 0 Å². The molecular weight excluding hydrogens is 342 g/mol. The molecule has 0 fully saturated rings. The van der Waals surface area contributed by atoms with Crippen LogP contribution in [-0.4, -0.2) is 22.3 Å². The summed E-state index contributed by atoms with van der Waals surface area (Å²) in [6.45, 7) is 2.92. The summed E-state index contributed by atoms with van der Waals surface area (Å²) < 4.78 is 6.96. The van der Waals surface area contributed by atoms with Crippen LogP contribution in [-0.2, 0) is 17.7 Å². The number of rotatable bonds is 7. The molecule has 1 heterocycles. The summed E-state index contributed by atoms with van der Waals surface area (Å²) in [5.41, 5.74) is 2.79. The number of fused-ring (bicyclic) bond motifs is 1. The van der Waals surface area contributed by atoms with Gasteiger partial charge < -0.3 is 9.30 Å². The second-order valence-electron chi connectivity index (χ2n) is 6.23. The van der Waals surface area contributed by atoms with Crippen molar-refractivity contribution in [3.8, 4) is 0 Å². The Bertz CT molecular complexity index is 967. The number of aromatic nitrogens is 2. The van der Waals surface area contributed by atoms with E-state index in [1.54, 1.807) is 16.7 Å². The van der Waals surface area contributed by atoms with E-state index < -0.39 is 6.09 Å². The molecule has 0 aliphatic heterocycles. The van der Waals surface area contributed by atoms with Crippen LogP contribution in [0.4, 0.5) is 10.5 Å². The van der Waals surface area contributed by atoms with E-state index in [0.717, 1.165) is 17.5 Å². The molecule has 0 saturated heterocycles. The minimum Gasteiger partial charge on any atom is -0.449 e. The van der Waals surface area contributed by atoms with Gasteiger partial charge in [0.1, 0.15) is 5.69 Å². The highest BCUT2D eigenvalue weighted by atomic mass is 16.5. The van der Waals surface area contributed by atoms with Gasteiger partial charge in [0, 0.05) is 12.2 Å². The van der Waals surface area contributed by atoms with Crippen LogP contribution in [0, 0.1) is 0 Å². The van der Waals surface area contributed by atoms with E-state index in [1.165, 1.54) is 0 Å². The Morgan fingerprint density at radius 2 is 1.85 bits per heavy atom. The van der Waals surface area contributed by atoms with E-state index in [4.69, 9.17) is 4.74 Å². The van der Waals surface area contributed by atoms with E-state index >= 15 is 0 Å². The molecule has 3 aromatic rings. The topological polar surface area (TPSA) is 73.2 Å². The molecule has 3 rings (SSSR count). The van der Waals surface area contributed by atoms with Gasteiger partial charge in [-0.2, -0.15) is 0 Å². The van der Waals surface area contributed by atoms with E-state index in [-0.39, 0.29) is 12.2 Å². The number of hydrogen-bond acceptors (Lipinski definition) is 4. The largest absolute Gasteiger partial charge is 0.449 e. The molecule has 0 aliphatic carbocycles. The number of nitrogens with zero attached hydrogens (tertiary/aromatic N) is 2. The highest BCUT2D eigenvalue weighted by Crippen LogP contribution is 2.11. The lowest BCUT2D eigenvalue weighted by Gasteiger charge is -2.11. The van der Waals surface area contributed by atoms with Crippen molar-refractivity contribution in [3.63, 3.8) is 0 Å². The maximum atomic E-state index is 12.7. The molecule has 2 aromatic carbocycles. The molecule has 0 atom stereocenters. The van der Waals surface area contributed by atoms with E-state index in [2.05, 4.69) is 10.3 Å². The van der Waals surface area contributed by atoms with Gasteiger partial charge in [-0.05, 0) is 43.5 Å². The molecule has 1 N–H and O–H groups in total. The minimum atomic E-state index is -0.504. The summed E-state index contributed by atoms with van der Waals surface area (Å²) in [4.78, 5) is 29.0. The molecule has 1 aromatic heterocycles. The predicted molar refractivity (Wildman–Crippen MR) is 106 cm³/mol. The van der Waals surface area contributed by atoms with Crippen LogP contribution in [0.3, 0.4) is 0 Å². The molecule has 0 aliphatic rings. The quantitative estimate of drug-likeness (QED) is 0.643. The van der Waals surface area contributed by atoms with Crippen molar-refractivity contribution in [2.75, 3.05) is 11.9 Å². The molecule has 0 spiro atoms. The number of hydrogen-bond donors (Lipinski definition) is 1. The molecule has 27 heavy (non-hydrogen) atoms. The van der Waals surface area contributed by atoms with Gasteiger partial charge in [-0.25, -0.2) is 9.78 Å². The Morgan fingerprint density at radius 3 is 2.63 bits per heavy atom. The molecule has 0 saturated carbocycles. The number of nitrogens with one attached hydrogen (secondary N) is 1. The van der Waals surface area contributed by atoms with Crippen LogP contribution in [0.5, 0.6) is 0 Å². The predicted octanol–water partition coefficient (Wildman–Crippen LogP) is 3.99. The van der Waals surface area contributed by atoms with Crippen molar-refractivity contribution in [1.29, 1.82) is 0 Å². The lowest BCUT2D eigenvalue weighted by atomic mass is 10.2. The maximum Gasteiger partial charge on any atom is 0.411 e. The van der Waals surface area contributed by atoms with Crippen LogP contribution in [0.15, 0.2) is 59.4 Å². The number of amides is 1. The van der Waals surface area contributed by atoms with Crippen LogP contribution in [0.25, 0.3) is 11.0 Å². The third kappa shape index (κ3) is 4.73. The molecule has 0 unspecified atom stereocenters. The summed E-state index contributed by atoms with van der Waals surface area (Å²) in [5, 5.41) is 2.66. The zero-order valence-corrected chi connectivity index (χ0v) is 15.4. The van der Waals surface area contributed by atoms with Gasteiger partial charge in [-0.15, -0.1) is 0 Å². The van der Waals surface area contributed by atoms with Crippen molar-refractivity contribution >= 4 is 22.8 Å². The van der Waals surface area contributed by atoms with E-state index in [1.807, 2.05) is 49.4 Å². The maximum absolute atomic E-state index is 12.7. The fourth-order valence-electron chi connectivity index (χ4n) is 2.93. The SMILES string of the molecule is CCCn1c(=O)c(CCCOC(=O)Nc2ccccc2)nc2ccccc21. The van der Waals surface area contributed by atoms with Gasteiger partial charge in [-0.3, -0.25) is 10.1 Å². The number of para-hydroxylation sites is 3. The summed E-state index contributed by atoms with van der Waals surface area (Å²) >= 11 is 0. The van der Waals surface area contributed by atoms with Gasteiger partial charge in [0.05, 0.1) is 17.6 Å². The van der Waals surface area contributed by atoms with E-state index in [0.29, 0.717) is 30.8 Å². The highest BCUT2D eigenvalue weighted by Gasteiger charge is 2.11. The highest BCUT2D eigenvalue weighted by molar-refractivity contribution is 5.84. The van der Waals surface area contributed by atoms with Crippen molar-refractivity contribution in [1.82, 2.24) is 9.55 Å². The lowest BCUT2D eigenvalue weighted by molar-refractivity contribution is 0.160. The Kier molecular flexibility index (Phi) is 6.20. The third-order valence-electron chi connectivity index (χ3n) is 4.18. The second kappa shape index (κ2) is 8.98. The fraction of sp³-hybridized carbons (Fsp3) is 0.286. The first kappa shape index (κ1) is 18.6. The Hall–Kier alpha value is -3.15. The molecule has 1 amide bonds. The fourth-order valence-corrected chi connectivity index (χ4v) is 2.93. The van der Waals surface area contributed by atoms with Gasteiger partial charge >= 0.3 is 6.09 Å². The number of ether oxygens (including phenoxy) is 1. The molecule has 0 bridgehead atoms. The Morgan fingerprint density at radius 1 is 1.11 bits per heavy atom. The second-order valence-corrected chi connectivity index (χ2v) is 6.23. The van der Waals surface area contributed by atoms with Gasteiger partial charge in [0.15, 0.2) is 0 Å². The molecule has 140 valence electrons. The number of anilines is 1. The normalized spacial score (nSPS) is 10.7. The number of benzene rings is 2. The Balaban J connectivity index is 1.61. The summed E-state index contributed by atoms with van der Waals surface area (Å²) in [5.74, 6) is 0. The van der Waals surface area contributed by atoms with E-state index in [9.17, 15) is 9.59 Å².